The maximum absolute atomic E-state index is 13.3. The first-order chi connectivity index (χ1) is 14.9. The van der Waals surface area contributed by atoms with Crippen LogP contribution in [-0.4, -0.2) is 40.4 Å². The lowest BCUT2D eigenvalue weighted by Gasteiger charge is -2.26. The molecule has 0 unspecified atom stereocenters. The van der Waals surface area contributed by atoms with E-state index in [0.717, 1.165) is 47.1 Å². The van der Waals surface area contributed by atoms with Gasteiger partial charge in [-0.1, -0.05) is 11.6 Å². The van der Waals surface area contributed by atoms with Gasteiger partial charge >= 0.3 is 0 Å². The molecule has 7 nitrogen and oxygen atoms in total. The molecular weight excluding hydrogens is 436 g/mol. The average molecular weight is 457 g/mol. The number of rotatable bonds is 5. The SMILES string of the molecule is O=C1N(Cc2cc3cc(Cl)ncc3n2CCC2CS(=O)(=O)C2)c2cnccc2C12CC2. The number of aryl methyl sites for hydroxylation is 1. The van der Waals surface area contributed by atoms with Crippen molar-refractivity contribution in [3.63, 3.8) is 0 Å². The van der Waals surface area contributed by atoms with Gasteiger partial charge in [0.1, 0.15) is 5.15 Å². The Morgan fingerprint density at radius 2 is 2.00 bits per heavy atom. The second kappa shape index (κ2) is 6.53. The molecule has 0 N–H and O–H groups in total. The zero-order chi connectivity index (χ0) is 21.4. The maximum atomic E-state index is 13.3. The number of nitrogens with zero attached hydrogens (tertiary/aromatic N) is 4. The van der Waals surface area contributed by atoms with Gasteiger partial charge in [-0.05, 0) is 48.9 Å². The molecule has 9 heteroatoms. The summed E-state index contributed by atoms with van der Waals surface area (Å²) in [7, 11) is -2.84. The van der Waals surface area contributed by atoms with Crippen molar-refractivity contribution in [2.75, 3.05) is 16.4 Å². The predicted octanol–water partition coefficient (Wildman–Crippen LogP) is 3.10. The Labute approximate surface area is 185 Å². The number of anilines is 1. The number of aromatic nitrogens is 3. The Morgan fingerprint density at radius 1 is 1.19 bits per heavy atom. The Morgan fingerprint density at radius 3 is 2.74 bits per heavy atom. The van der Waals surface area contributed by atoms with E-state index < -0.39 is 9.84 Å². The van der Waals surface area contributed by atoms with Crippen molar-refractivity contribution in [1.82, 2.24) is 14.5 Å². The summed E-state index contributed by atoms with van der Waals surface area (Å²) in [5.41, 5.74) is 3.55. The first kappa shape index (κ1) is 19.3. The topological polar surface area (TPSA) is 85.2 Å². The third kappa shape index (κ3) is 2.99. The number of halogens is 1. The Kier molecular flexibility index (Phi) is 4.05. The van der Waals surface area contributed by atoms with Crippen molar-refractivity contribution in [2.24, 2.45) is 5.92 Å². The van der Waals surface area contributed by atoms with Crippen LogP contribution in [0.4, 0.5) is 5.69 Å². The number of carbonyl (C=O) groups is 1. The minimum absolute atomic E-state index is 0.147. The molecule has 31 heavy (non-hydrogen) atoms. The van der Waals surface area contributed by atoms with Gasteiger partial charge in [0.25, 0.3) is 0 Å². The first-order valence-corrected chi connectivity index (χ1v) is 12.7. The van der Waals surface area contributed by atoms with E-state index >= 15 is 0 Å². The molecule has 0 atom stereocenters. The highest BCUT2D eigenvalue weighted by atomic mass is 35.5. The number of sulfone groups is 1. The third-order valence-electron chi connectivity index (χ3n) is 6.91. The Bertz CT molecular complexity index is 1330. The number of hydrogen-bond donors (Lipinski definition) is 0. The zero-order valence-electron chi connectivity index (χ0n) is 16.8. The van der Waals surface area contributed by atoms with Crippen LogP contribution in [0, 0.1) is 5.92 Å². The van der Waals surface area contributed by atoms with Crippen molar-refractivity contribution in [3.05, 3.63) is 53.2 Å². The number of hydrogen-bond acceptors (Lipinski definition) is 5. The van der Waals surface area contributed by atoms with Gasteiger partial charge in [-0.3, -0.25) is 9.78 Å². The fourth-order valence-corrected chi connectivity index (χ4v) is 6.99. The zero-order valence-corrected chi connectivity index (χ0v) is 18.4. The lowest BCUT2D eigenvalue weighted by atomic mass is 9.99. The standard InChI is InChI=1S/C22H21ClN4O3S/c23-20-8-15-7-16(26(18(15)10-25-20)6-2-14-12-31(29,30)13-14)11-27-19-9-24-5-1-17(19)22(3-4-22)21(27)28/h1,5,7-10,14H,2-4,6,11-13H2. The summed E-state index contributed by atoms with van der Waals surface area (Å²) in [5.74, 6) is 0.854. The van der Waals surface area contributed by atoms with Gasteiger partial charge in [-0.2, -0.15) is 0 Å². The van der Waals surface area contributed by atoms with Crippen LogP contribution in [0.3, 0.4) is 0 Å². The van der Waals surface area contributed by atoms with Crippen LogP contribution in [0.5, 0.6) is 0 Å². The van der Waals surface area contributed by atoms with Gasteiger partial charge in [0.2, 0.25) is 5.91 Å². The molecule has 0 aromatic carbocycles. The molecule has 1 amide bonds. The second-order valence-electron chi connectivity index (χ2n) is 8.95. The Hall–Kier alpha value is -2.45. The molecule has 160 valence electrons. The predicted molar refractivity (Wildman–Crippen MR) is 118 cm³/mol. The summed E-state index contributed by atoms with van der Waals surface area (Å²) in [5, 5.41) is 1.39. The van der Waals surface area contributed by atoms with Crippen molar-refractivity contribution >= 4 is 43.9 Å². The number of amides is 1. The molecule has 1 aliphatic carbocycles. The molecule has 1 saturated carbocycles. The lowest BCUT2D eigenvalue weighted by Crippen LogP contribution is -2.37. The van der Waals surface area contributed by atoms with Crippen LogP contribution in [0.1, 0.15) is 30.5 Å². The van der Waals surface area contributed by atoms with Gasteiger partial charge < -0.3 is 9.47 Å². The lowest BCUT2D eigenvalue weighted by molar-refractivity contribution is -0.120. The van der Waals surface area contributed by atoms with E-state index in [1.807, 2.05) is 17.0 Å². The van der Waals surface area contributed by atoms with Gasteiger partial charge in [0, 0.05) is 23.8 Å². The number of fused-ring (bicyclic) bond motifs is 3. The minimum atomic E-state index is -2.84. The van der Waals surface area contributed by atoms with Crippen molar-refractivity contribution in [2.45, 2.75) is 37.8 Å². The third-order valence-corrected chi connectivity index (χ3v) is 9.08. The Balaban J connectivity index is 1.35. The van der Waals surface area contributed by atoms with Gasteiger partial charge in [0.05, 0.1) is 47.1 Å². The van der Waals surface area contributed by atoms with Crippen LogP contribution in [0.15, 0.2) is 36.8 Å². The van der Waals surface area contributed by atoms with E-state index in [1.54, 1.807) is 18.6 Å². The van der Waals surface area contributed by atoms with E-state index in [9.17, 15) is 13.2 Å². The molecule has 2 aliphatic heterocycles. The van der Waals surface area contributed by atoms with Crippen LogP contribution >= 0.6 is 11.6 Å². The number of carbonyl (C=O) groups excluding carboxylic acids is 1. The highest BCUT2D eigenvalue weighted by Gasteiger charge is 2.59. The van der Waals surface area contributed by atoms with Crippen molar-refractivity contribution in [3.8, 4) is 0 Å². The van der Waals surface area contributed by atoms with Crippen molar-refractivity contribution < 1.29 is 13.2 Å². The van der Waals surface area contributed by atoms with Gasteiger partial charge in [-0.15, -0.1) is 0 Å². The molecular formula is C22H21ClN4O3S. The molecule has 3 aliphatic rings. The highest BCUT2D eigenvalue weighted by Crippen LogP contribution is 2.57. The second-order valence-corrected chi connectivity index (χ2v) is 11.5. The van der Waals surface area contributed by atoms with Crippen LogP contribution in [-0.2, 0) is 33.1 Å². The molecule has 1 spiro atoms. The first-order valence-electron chi connectivity index (χ1n) is 10.5. The quantitative estimate of drug-likeness (QED) is 0.551. The molecule has 0 radical (unpaired) electrons. The monoisotopic (exact) mass is 456 g/mol. The number of pyridine rings is 2. The summed E-state index contributed by atoms with van der Waals surface area (Å²) < 4.78 is 25.2. The fourth-order valence-electron chi connectivity index (χ4n) is 5.15. The van der Waals surface area contributed by atoms with Crippen LogP contribution in [0.25, 0.3) is 10.9 Å². The summed E-state index contributed by atoms with van der Waals surface area (Å²) in [6.07, 6.45) is 7.84. The molecule has 3 aromatic heterocycles. The summed E-state index contributed by atoms with van der Waals surface area (Å²) in [6, 6.07) is 5.85. The summed E-state index contributed by atoms with van der Waals surface area (Å²) >= 11 is 6.12. The normalized spacial score (nSPS) is 20.9. The fraction of sp³-hybridized carbons (Fsp3) is 0.409. The van der Waals surface area contributed by atoms with Crippen LogP contribution < -0.4 is 4.90 Å². The molecule has 0 bridgehead atoms. The maximum Gasteiger partial charge on any atom is 0.238 e. The van der Waals surface area contributed by atoms with Crippen LogP contribution in [0.2, 0.25) is 5.15 Å². The smallest absolute Gasteiger partial charge is 0.238 e. The summed E-state index contributed by atoms with van der Waals surface area (Å²) in [4.78, 5) is 23.7. The van der Waals surface area contributed by atoms with Gasteiger partial charge in [-0.25, -0.2) is 13.4 Å². The molecule has 2 fully saturated rings. The molecule has 3 aromatic rings. The van der Waals surface area contributed by atoms with E-state index in [4.69, 9.17) is 11.6 Å². The van der Waals surface area contributed by atoms with E-state index in [2.05, 4.69) is 20.6 Å². The molecule has 1 saturated heterocycles. The molecule has 6 rings (SSSR count). The van der Waals surface area contributed by atoms with Crippen molar-refractivity contribution in [1.29, 1.82) is 0 Å². The van der Waals surface area contributed by atoms with E-state index in [1.165, 1.54) is 0 Å². The average Bonchev–Trinajstić information content (AvgIpc) is 3.41. The highest BCUT2D eigenvalue weighted by molar-refractivity contribution is 7.92. The van der Waals surface area contributed by atoms with E-state index in [0.29, 0.717) is 18.2 Å². The van der Waals surface area contributed by atoms with Gasteiger partial charge in [0.15, 0.2) is 9.84 Å². The van der Waals surface area contributed by atoms with E-state index in [-0.39, 0.29) is 28.7 Å². The molecule has 5 heterocycles. The minimum Gasteiger partial charge on any atom is -0.342 e. The largest absolute Gasteiger partial charge is 0.342 e. The summed E-state index contributed by atoms with van der Waals surface area (Å²) in [6.45, 7) is 1.12.